The molecule has 1 rings (SSSR count). The Morgan fingerprint density at radius 1 is 1.70 bits per heavy atom. The van der Waals surface area contributed by atoms with Crippen LogP contribution in [-0.2, 0) is 4.74 Å². The molecule has 0 aromatic rings. The predicted molar refractivity (Wildman–Crippen MR) is 41.8 cm³/mol. The highest BCUT2D eigenvalue weighted by Crippen LogP contribution is 2.40. The Morgan fingerprint density at radius 3 is 2.50 bits per heavy atom. The van der Waals surface area contributed by atoms with E-state index in [4.69, 9.17) is 10.5 Å². The molecule has 1 aliphatic rings. The van der Waals surface area contributed by atoms with Crippen LogP contribution in [0.2, 0.25) is 0 Å². The van der Waals surface area contributed by atoms with Gasteiger partial charge in [0.25, 0.3) is 0 Å². The summed E-state index contributed by atoms with van der Waals surface area (Å²) < 4.78 is 5.42. The van der Waals surface area contributed by atoms with Crippen LogP contribution in [0.5, 0.6) is 0 Å². The molecular formula is C8H17NO. The fourth-order valence-electron chi connectivity index (χ4n) is 1.03. The summed E-state index contributed by atoms with van der Waals surface area (Å²) in [5, 5.41) is 0. The summed E-state index contributed by atoms with van der Waals surface area (Å²) in [5.41, 5.74) is 5.89. The first kappa shape index (κ1) is 8.02. The summed E-state index contributed by atoms with van der Waals surface area (Å²) >= 11 is 0. The molecule has 0 aliphatic heterocycles. The molecule has 0 bridgehead atoms. The fourth-order valence-corrected chi connectivity index (χ4v) is 1.03. The lowest BCUT2D eigenvalue weighted by molar-refractivity contribution is 0.0674. The molecule has 2 unspecified atom stereocenters. The zero-order valence-electron chi connectivity index (χ0n) is 7.05. The van der Waals surface area contributed by atoms with Gasteiger partial charge in [0.15, 0.2) is 0 Å². The summed E-state index contributed by atoms with van der Waals surface area (Å²) in [6, 6.07) is 0. The van der Waals surface area contributed by atoms with E-state index in [1.54, 1.807) is 0 Å². The Morgan fingerprint density at radius 2 is 2.20 bits per heavy atom. The van der Waals surface area contributed by atoms with Crippen LogP contribution in [0.1, 0.15) is 27.2 Å². The maximum Gasteiger partial charge on any atom is 0.0519 e. The Hall–Kier alpha value is -0.0800. The quantitative estimate of drug-likeness (QED) is 0.643. The fraction of sp³-hybridized carbons (Fsp3) is 1.00. The monoisotopic (exact) mass is 143 g/mol. The van der Waals surface area contributed by atoms with Crippen molar-refractivity contribution >= 4 is 0 Å². The van der Waals surface area contributed by atoms with Crippen LogP contribution < -0.4 is 5.73 Å². The van der Waals surface area contributed by atoms with Crippen molar-refractivity contribution in [2.45, 2.75) is 38.8 Å². The number of nitrogens with two attached hydrogens (primary N) is 1. The van der Waals surface area contributed by atoms with Gasteiger partial charge in [-0.15, -0.1) is 0 Å². The second kappa shape index (κ2) is 2.51. The highest BCUT2D eigenvalue weighted by Gasteiger charge is 2.46. The molecule has 1 saturated carbocycles. The first-order valence-electron chi connectivity index (χ1n) is 3.93. The third kappa shape index (κ3) is 1.96. The molecule has 1 fully saturated rings. The van der Waals surface area contributed by atoms with Crippen molar-refractivity contribution in [3.05, 3.63) is 0 Å². The van der Waals surface area contributed by atoms with E-state index >= 15 is 0 Å². The smallest absolute Gasteiger partial charge is 0.0519 e. The molecule has 0 aromatic carbocycles. The Labute approximate surface area is 62.7 Å². The van der Waals surface area contributed by atoms with Crippen LogP contribution in [0.25, 0.3) is 0 Å². The summed E-state index contributed by atoms with van der Waals surface area (Å²) in [4.78, 5) is 0. The molecule has 0 saturated heterocycles. The molecule has 2 N–H and O–H groups in total. The second-order valence-corrected chi connectivity index (χ2v) is 3.79. The molecule has 0 spiro atoms. The van der Waals surface area contributed by atoms with Gasteiger partial charge in [0.05, 0.1) is 12.7 Å². The van der Waals surface area contributed by atoms with Crippen LogP contribution in [-0.4, -0.2) is 18.2 Å². The minimum atomic E-state index is 0.0783. The third-order valence-electron chi connectivity index (χ3n) is 2.09. The van der Waals surface area contributed by atoms with E-state index in [0.29, 0.717) is 12.0 Å². The van der Waals surface area contributed by atoms with E-state index in [-0.39, 0.29) is 5.54 Å². The lowest BCUT2D eigenvalue weighted by Gasteiger charge is -2.07. The van der Waals surface area contributed by atoms with E-state index in [1.807, 2.05) is 0 Å². The average molecular weight is 143 g/mol. The predicted octanol–water partition coefficient (Wildman–Crippen LogP) is 1.15. The van der Waals surface area contributed by atoms with E-state index in [1.165, 1.54) is 0 Å². The van der Waals surface area contributed by atoms with E-state index < -0.39 is 0 Å². The molecule has 1 aliphatic carbocycles. The van der Waals surface area contributed by atoms with Crippen molar-refractivity contribution in [2.75, 3.05) is 6.61 Å². The van der Waals surface area contributed by atoms with Crippen LogP contribution >= 0.6 is 0 Å². The van der Waals surface area contributed by atoms with Gasteiger partial charge in [-0.3, -0.25) is 0 Å². The summed E-state index contributed by atoms with van der Waals surface area (Å²) in [6.07, 6.45) is 1.47. The first-order valence-corrected chi connectivity index (χ1v) is 3.93. The zero-order chi connectivity index (χ0) is 7.78. The summed E-state index contributed by atoms with van der Waals surface area (Å²) in [5.74, 6) is 0.606. The molecule has 0 heterocycles. The Bertz CT molecular complexity index is 120. The van der Waals surface area contributed by atoms with Gasteiger partial charge in [0.1, 0.15) is 0 Å². The Balaban J connectivity index is 2.07. The van der Waals surface area contributed by atoms with Gasteiger partial charge in [0.2, 0.25) is 0 Å². The number of ether oxygens (including phenoxy) is 1. The molecule has 2 heteroatoms. The van der Waals surface area contributed by atoms with Gasteiger partial charge in [-0.05, 0) is 27.2 Å². The van der Waals surface area contributed by atoms with E-state index in [2.05, 4.69) is 20.8 Å². The molecule has 2 atom stereocenters. The van der Waals surface area contributed by atoms with Crippen molar-refractivity contribution in [3.63, 3.8) is 0 Å². The lowest BCUT2D eigenvalue weighted by Crippen LogP contribution is -2.22. The topological polar surface area (TPSA) is 35.2 Å². The highest BCUT2D eigenvalue weighted by molar-refractivity contribution is 5.03. The molecular weight excluding hydrogens is 126 g/mol. The maximum atomic E-state index is 5.82. The van der Waals surface area contributed by atoms with E-state index in [9.17, 15) is 0 Å². The van der Waals surface area contributed by atoms with Gasteiger partial charge in [-0.1, -0.05) is 0 Å². The van der Waals surface area contributed by atoms with Gasteiger partial charge < -0.3 is 10.5 Å². The van der Waals surface area contributed by atoms with Crippen LogP contribution in [0.4, 0.5) is 0 Å². The van der Waals surface area contributed by atoms with Crippen molar-refractivity contribution in [1.82, 2.24) is 0 Å². The zero-order valence-corrected chi connectivity index (χ0v) is 7.05. The highest BCUT2D eigenvalue weighted by atomic mass is 16.5. The molecule has 0 radical (unpaired) electrons. The maximum absolute atomic E-state index is 5.82. The molecule has 10 heavy (non-hydrogen) atoms. The second-order valence-electron chi connectivity index (χ2n) is 3.79. The largest absolute Gasteiger partial charge is 0.378 e. The summed E-state index contributed by atoms with van der Waals surface area (Å²) in [6.45, 7) is 7.03. The number of hydrogen-bond acceptors (Lipinski definition) is 2. The average Bonchev–Trinajstić information content (AvgIpc) is 2.35. The lowest BCUT2D eigenvalue weighted by atomic mass is 10.3. The van der Waals surface area contributed by atoms with E-state index in [0.717, 1.165) is 13.0 Å². The molecule has 2 nitrogen and oxygen atoms in total. The van der Waals surface area contributed by atoms with Gasteiger partial charge in [-0.2, -0.15) is 0 Å². The first-order chi connectivity index (χ1) is 4.52. The molecule has 60 valence electrons. The van der Waals surface area contributed by atoms with Crippen molar-refractivity contribution in [2.24, 2.45) is 11.7 Å². The van der Waals surface area contributed by atoms with Crippen molar-refractivity contribution in [3.8, 4) is 0 Å². The van der Waals surface area contributed by atoms with Crippen molar-refractivity contribution in [1.29, 1.82) is 0 Å². The van der Waals surface area contributed by atoms with Crippen molar-refractivity contribution < 1.29 is 4.74 Å². The van der Waals surface area contributed by atoms with Gasteiger partial charge in [-0.25, -0.2) is 0 Å². The number of hydrogen-bond donors (Lipinski definition) is 1. The van der Waals surface area contributed by atoms with Crippen LogP contribution in [0.15, 0.2) is 0 Å². The van der Waals surface area contributed by atoms with Crippen LogP contribution in [0.3, 0.4) is 0 Å². The minimum absolute atomic E-state index is 0.0783. The molecule has 0 aromatic heterocycles. The summed E-state index contributed by atoms with van der Waals surface area (Å²) in [7, 11) is 0. The van der Waals surface area contributed by atoms with Gasteiger partial charge in [0, 0.05) is 11.5 Å². The van der Waals surface area contributed by atoms with Gasteiger partial charge >= 0.3 is 0 Å². The third-order valence-corrected chi connectivity index (χ3v) is 2.09. The van der Waals surface area contributed by atoms with Crippen LogP contribution in [0, 0.1) is 5.92 Å². The molecule has 0 amide bonds. The standard InChI is InChI=1S/C8H17NO/c1-6(2)10-5-7-4-8(7,3)9/h6-7H,4-5,9H2,1-3H3. The minimum Gasteiger partial charge on any atom is -0.378 e. The SMILES string of the molecule is CC(C)OCC1CC1(C)N. The normalized spacial score (nSPS) is 38.7. The Kier molecular flexibility index (Phi) is 2.02. The number of rotatable bonds is 3.